The van der Waals surface area contributed by atoms with Gasteiger partial charge in [0.05, 0.1) is 11.8 Å². The number of nitrogens with zero attached hydrogens (tertiary/aromatic N) is 1. The number of carbonyl (C=O) groups excluding carboxylic acids is 2. The van der Waals surface area contributed by atoms with Crippen molar-refractivity contribution in [2.75, 3.05) is 5.32 Å². The number of hydrogen-bond donors (Lipinski definition) is 3. The number of halogens is 1. The maximum absolute atomic E-state index is 13.9. The van der Waals surface area contributed by atoms with Gasteiger partial charge in [-0.2, -0.15) is 0 Å². The van der Waals surface area contributed by atoms with Gasteiger partial charge in [0, 0.05) is 17.8 Å². The zero-order valence-corrected chi connectivity index (χ0v) is 19.0. The number of nitrogens with one attached hydrogen (secondary N) is 3. The monoisotopic (exact) mass is 442 g/mol. The lowest BCUT2D eigenvalue weighted by atomic mass is 9.91. The van der Waals surface area contributed by atoms with Gasteiger partial charge in [0.15, 0.2) is 0 Å². The summed E-state index contributed by atoms with van der Waals surface area (Å²) in [6, 6.07) is 8.78. The Hall–Kier alpha value is -3.16. The van der Waals surface area contributed by atoms with Gasteiger partial charge in [0.2, 0.25) is 0 Å². The average Bonchev–Trinajstić information content (AvgIpc) is 2.69. The first-order valence-electron chi connectivity index (χ1n) is 10.9. The van der Waals surface area contributed by atoms with Gasteiger partial charge in [-0.25, -0.2) is 14.2 Å². The molecule has 0 bridgehead atoms. The van der Waals surface area contributed by atoms with E-state index in [0.29, 0.717) is 18.7 Å². The van der Waals surface area contributed by atoms with Crippen molar-refractivity contribution >= 4 is 23.5 Å². The normalized spacial score (nSPS) is 18.5. The van der Waals surface area contributed by atoms with Crippen LogP contribution in [0.3, 0.4) is 0 Å². The molecule has 0 atom stereocenters. The Bertz CT molecular complexity index is 966. The molecule has 1 heterocycles. The second kappa shape index (κ2) is 9.97. The van der Waals surface area contributed by atoms with E-state index in [1.54, 1.807) is 0 Å². The number of carbonyl (C=O) groups is 2. The molecule has 172 valence electrons. The third-order valence-electron chi connectivity index (χ3n) is 5.16. The molecule has 1 aliphatic carbocycles. The number of rotatable bonds is 5. The minimum atomic E-state index is -0.574. The van der Waals surface area contributed by atoms with Crippen molar-refractivity contribution in [2.24, 2.45) is 0 Å². The molecule has 0 aliphatic heterocycles. The summed E-state index contributed by atoms with van der Waals surface area (Å²) in [7, 11) is 0. The van der Waals surface area contributed by atoms with E-state index in [4.69, 9.17) is 4.74 Å². The maximum atomic E-state index is 13.9. The molecule has 2 aromatic rings. The number of aryl methyl sites for hydroxylation is 1. The van der Waals surface area contributed by atoms with Gasteiger partial charge in [0.25, 0.3) is 5.91 Å². The Morgan fingerprint density at radius 3 is 2.34 bits per heavy atom. The second-order valence-corrected chi connectivity index (χ2v) is 9.21. The fraction of sp³-hybridized carbons (Fsp3) is 0.458. The van der Waals surface area contributed by atoms with Crippen LogP contribution < -0.4 is 16.0 Å². The fourth-order valence-corrected chi connectivity index (χ4v) is 3.69. The third kappa shape index (κ3) is 6.93. The predicted octanol–water partition coefficient (Wildman–Crippen LogP) is 4.84. The molecule has 1 fully saturated rings. The SMILES string of the molecule is Cc1cccc(Nc2ncc(F)cc2C(=O)NC2CCC(NC(=O)OC(C)(C)C)CC2)c1. The topological polar surface area (TPSA) is 92.4 Å². The first-order chi connectivity index (χ1) is 15.1. The number of pyridine rings is 1. The minimum absolute atomic E-state index is 0.00684. The standard InChI is InChI=1S/C24H31FN4O3/c1-15-6-5-7-19(12-15)27-21-20(13-16(25)14-26-21)22(30)28-17-8-10-18(11-9-17)29-23(31)32-24(2,3)4/h5-7,12-14,17-18H,8-11H2,1-4H3,(H,26,27)(H,28,30)(H,29,31). The molecular weight excluding hydrogens is 411 g/mol. The van der Waals surface area contributed by atoms with E-state index < -0.39 is 17.5 Å². The highest BCUT2D eigenvalue weighted by Crippen LogP contribution is 2.23. The number of benzene rings is 1. The largest absolute Gasteiger partial charge is 0.444 e. The maximum Gasteiger partial charge on any atom is 0.407 e. The number of ether oxygens (including phenoxy) is 1. The number of hydrogen-bond acceptors (Lipinski definition) is 5. The summed E-state index contributed by atoms with van der Waals surface area (Å²) in [4.78, 5) is 29.0. The average molecular weight is 443 g/mol. The zero-order chi connectivity index (χ0) is 23.3. The quantitative estimate of drug-likeness (QED) is 0.616. The van der Waals surface area contributed by atoms with E-state index in [2.05, 4.69) is 20.9 Å². The van der Waals surface area contributed by atoms with Crippen molar-refractivity contribution in [3.05, 3.63) is 53.5 Å². The fourth-order valence-electron chi connectivity index (χ4n) is 3.69. The summed E-state index contributed by atoms with van der Waals surface area (Å²) >= 11 is 0. The van der Waals surface area contributed by atoms with E-state index in [1.165, 1.54) is 6.07 Å². The van der Waals surface area contributed by atoms with Crippen LogP contribution in [0.15, 0.2) is 36.5 Å². The molecule has 0 unspecified atom stereocenters. The van der Waals surface area contributed by atoms with E-state index in [-0.39, 0.29) is 23.6 Å². The first-order valence-corrected chi connectivity index (χ1v) is 10.9. The van der Waals surface area contributed by atoms with Crippen molar-refractivity contribution in [2.45, 2.75) is 71.1 Å². The van der Waals surface area contributed by atoms with E-state index >= 15 is 0 Å². The van der Waals surface area contributed by atoms with Crippen LogP contribution in [0.2, 0.25) is 0 Å². The highest BCUT2D eigenvalue weighted by atomic mass is 19.1. The molecule has 3 N–H and O–H groups in total. The molecule has 1 aromatic carbocycles. The van der Waals surface area contributed by atoms with Crippen molar-refractivity contribution in [3.8, 4) is 0 Å². The molecule has 3 rings (SSSR count). The van der Waals surface area contributed by atoms with Gasteiger partial charge in [-0.05, 0) is 77.1 Å². The van der Waals surface area contributed by atoms with Crippen molar-refractivity contribution in [3.63, 3.8) is 0 Å². The molecule has 8 heteroatoms. The molecule has 0 saturated heterocycles. The summed E-state index contributed by atoms with van der Waals surface area (Å²) in [5.41, 5.74) is 1.44. The van der Waals surface area contributed by atoms with Crippen LogP contribution in [0.4, 0.5) is 20.7 Å². The van der Waals surface area contributed by atoms with Gasteiger partial charge in [-0.1, -0.05) is 12.1 Å². The summed E-state index contributed by atoms with van der Waals surface area (Å²) in [5, 5.41) is 8.97. The second-order valence-electron chi connectivity index (χ2n) is 9.21. The molecule has 1 aliphatic rings. The number of amides is 2. The Labute approximate surface area is 188 Å². The van der Waals surface area contributed by atoms with Gasteiger partial charge < -0.3 is 20.7 Å². The Balaban J connectivity index is 1.58. The summed E-state index contributed by atoms with van der Waals surface area (Å²) in [6.45, 7) is 7.43. The molecule has 32 heavy (non-hydrogen) atoms. The van der Waals surface area contributed by atoms with E-state index in [1.807, 2.05) is 52.0 Å². The molecule has 0 radical (unpaired) electrons. The van der Waals surface area contributed by atoms with Crippen molar-refractivity contribution in [1.82, 2.24) is 15.6 Å². The number of anilines is 2. The molecule has 0 spiro atoms. The van der Waals surface area contributed by atoms with Gasteiger partial charge >= 0.3 is 6.09 Å². The third-order valence-corrected chi connectivity index (χ3v) is 5.16. The Morgan fingerprint density at radius 2 is 1.72 bits per heavy atom. The molecule has 1 aromatic heterocycles. The lowest BCUT2D eigenvalue weighted by Crippen LogP contribution is -2.45. The number of alkyl carbamates (subject to hydrolysis) is 1. The van der Waals surface area contributed by atoms with Crippen LogP contribution in [-0.4, -0.2) is 34.7 Å². The van der Waals surface area contributed by atoms with Crippen LogP contribution in [-0.2, 0) is 4.74 Å². The summed E-state index contributed by atoms with van der Waals surface area (Å²) < 4.78 is 19.2. The number of aromatic nitrogens is 1. The Kier molecular flexibility index (Phi) is 7.33. The van der Waals surface area contributed by atoms with Crippen LogP contribution in [0.1, 0.15) is 62.4 Å². The molecular formula is C24H31FN4O3. The predicted molar refractivity (Wildman–Crippen MR) is 122 cm³/mol. The Morgan fingerprint density at radius 1 is 1.06 bits per heavy atom. The lowest BCUT2D eigenvalue weighted by Gasteiger charge is -2.30. The molecule has 1 saturated carbocycles. The van der Waals surface area contributed by atoms with E-state index in [0.717, 1.165) is 30.3 Å². The summed E-state index contributed by atoms with van der Waals surface area (Å²) in [5.74, 6) is -0.652. The van der Waals surface area contributed by atoms with E-state index in [9.17, 15) is 14.0 Å². The van der Waals surface area contributed by atoms with Crippen LogP contribution in [0.25, 0.3) is 0 Å². The molecule has 2 amide bonds. The van der Waals surface area contributed by atoms with Crippen LogP contribution >= 0.6 is 0 Å². The minimum Gasteiger partial charge on any atom is -0.444 e. The van der Waals surface area contributed by atoms with Crippen molar-refractivity contribution < 1.29 is 18.7 Å². The smallest absolute Gasteiger partial charge is 0.407 e. The first kappa shape index (κ1) is 23.5. The zero-order valence-electron chi connectivity index (χ0n) is 19.0. The van der Waals surface area contributed by atoms with Crippen molar-refractivity contribution in [1.29, 1.82) is 0 Å². The van der Waals surface area contributed by atoms with Gasteiger partial charge in [-0.15, -0.1) is 0 Å². The highest BCUT2D eigenvalue weighted by molar-refractivity contribution is 5.99. The van der Waals surface area contributed by atoms with Gasteiger partial charge in [0.1, 0.15) is 17.2 Å². The van der Waals surface area contributed by atoms with Crippen LogP contribution in [0, 0.1) is 12.7 Å². The summed E-state index contributed by atoms with van der Waals surface area (Å²) in [6.07, 6.45) is 3.51. The molecule has 7 nitrogen and oxygen atoms in total. The van der Waals surface area contributed by atoms with Crippen LogP contribution in [0.5, 0.6) is 0 Å². The highest BCUT2D eigenvalue weighted by Gasteiger charge is 2.26. The van der Waals surface area contributed by atoms with Gasteiger partial charge in [-0.3, -0.25) is 4.79 Å². The lowest BCUT2D eigenvalue weighted by molar-refractivity contribution is 0.0488.